The summed E-state index contributed by atoms with van der Waals surface area (Å²) in [7, 11) is -24.4. The van der Waals surface area contributed by atoms with Crippen LogP contribution in [0.5, 0.6) is 0 Å². The zero-order valence-electron chi connectivity index (χ0n) is 43.4. The van der Waals surface area contributed by atoms with Gasteiger partial charge in [-0.2, -0.15) is 78.3 Å². The van der Waals surface area contributed by atoms with Crippen LogP contribution in [0.25, 0.3) is 46.1 Å². The Morgan fingerprint density at radius 1 is 0.341 bits per heavy atom. The minimum atomic E-state index is -6.09. The summed E-state index contributed by atoms with van der Waals surface area (Å²) in [5.74, 6) is 1.95. The summed E-state index contributed by atoms with van der Waals surface area (Å²) in [6, 6.07) is 12.8. The zero-order chi connectivity index (χ0) is 62.1. The normalized spacial score (nSPS) is 10.9. The Morgan fingerprint density at radius 3 is 0.576 bits per heavy atom. The molecule has 0 fully saturated rings. The molecular weight excluding hydrogens is 1730 g/mol. The fourth-order valence-corrected chi connectivity index (χ4v) is 3.63. The second-order valence-electron chi connectivity index (χ2n) is 13.9. The molecule has 0 unspecified atom stereocenters. The number of aryl methyl sites for hydroxylation is 8. The summed E-state index contributed by atoms with van der Waals surface area (Å²) in [6.07, 6.45) is 0. The maximum atomic E-state index is 10.7. The van der Waals surface area contributed by atoms with Crippen molar-refractivity contribution in [1.29, 1.82) is 5.26 Å². The smallest absolute Gasteiger partial charge is 0.485 e. The zero-order valence-corrected chi connectivity index (χ0v) is 55.0. The van der Waals surface area contributed by atoms with E-state index in [0.717, 1.165) is 45.6 Å². The standard InChI is InChI=1S/2C15H15N7.C2H3N.4CHF3O3S.4O.2U/c2*1-8-10(3)19-21-14(16-8)12-6-5-7-13(18-12)15-17-9(2)11(4)20-22-15;1-2-3;4*2-1(3,4)8(5,6)7;;;;;;/h2*5-7H,1-4H3;1H3;4*(H,5,6,7);;;;;;/q;;;;;;;4*-2;;/p-4. The molecule has 0 aliphatic heterocycles. The Balaban J connectivity index is -0.000000179. The first kappa shape index (κ1) is 93.3. The van der Waals surface area contributed by atoms with Gasteiger partial charge >= 0.3 is 22.0 Å². The van der Waals surface area contributed by atoms with Gasteiger partial charge in [0.25, 0.3) is 0 Å². The number of rotatable bonds is 4. The van der Waals surface area contributed by atoms with Gasteiger partial charge in [0.05, 0.1) is 51.6 Å². The Hall–Kier alpha value is -5.43. The molecule has 31 nitrogen and oxygen atoms in total. The van der Waals surface area contributed by atoms with Crippen molar-refractivity contribution < 1.29 is 189 Å². The van der Waals surface area contributed by atoms with E-state index < -0.39 is 62.5 Å². The van der Waals surface area contributed by atoms with Crippen LogP contribution in [0.1, 0.15) is 52.5 Å². The second-order valence-corrected chi connectivity index (χ2v) is 19.3. The van der Waals surface area contributed by atoms with E-state index in [0.29, 0.717) is 46.1 Å². The van der Waals surface area contributed by atoms with Gasteiger partial charge in [0.1, 0.15) is 22.8 Å². The van der Waals surface area contributed by atoms with Crippen LogP contribution in [0.3, 0.4) is 0 Å². The van der Waals surface area contributed by atoms with E-state index in [2.05, 4.69) is 70.7 Å². The van der Waals surface area contributed by atoms with Crippen molar-refractivity contribution in [3.05, 3.63) is 81.9 Å². The van der Waals surface area contributed by atoms with Gasteiger partial charge in [-0.1, -0.05) is 12.1 Å². The molecule has 0 N–H and O–H groups in total. The van der Waals surface area contributed by atoms with Crippen molar-refractivity contribution in [1.82, 2.24) is 70.7 Å². The molecule has 476 valence electrons. The molecule has 6 rings (SSSR count). The first-order valence-electron chi connectivity index (χ1n) is 19.6. The van der Waals surface area contributed by atoms with Crippen molar-refractivity contribution in [2.45, 2.75) is 84.3 Å². The van der Waals surface area contributed by atoms with Crippen molar-refractivity contribution in [3.63, 3.8) is 0 Å². The molecule has 6 aromatic rings. The van der Waals surface area contributed by atoms with Gasteiger partial charge in [-0.25, -0.2) is 63.6 Å². The molecule has 0 amide bonds. The van der Waals surface area contributed by atoms with Crippen molar-refractivity contribution in [2.24, 2.45) is 0 Å². The van der Waals surface area contributed by atoms with Crippen molar-refractivity contribution in [3.8, 4) is 52.1 Å². The van der Waals surface area contributed by atoms with E-state index >= 15 is 0 Å². The van der Waals surface area contributed by atoms with Gasteiger partial charge in [-0.15, -0.1) is 20.4 Å². The molecular formula is C36H33F12N15O16S4U2-12. The third-order valence-corrected chi connectivity index (χ3v) is 10.2. The third kappa shape index (κ3) is 32.8. The topological polar surface area (TPSA) is 547 Å². The summed E-state index contributed by atoms with van der Waals surface area (Å²) in [4.78, 5) is 26.7. The summed E-state index contributed by atoms with van der Waals surface area (Å²) in [5.41, 5.74) is -13.5. The van der Waals surface area contributed by atoms with Gasteiger partial charge in [0.2, 0.25) is 23.3 Å². The van der Waals surface area contributed by atoms with Crippen LogP contribution in [-0.4, -0.2) is 145 Å². The van der Waals surface area contributed by atoms with Gasteiger partial charge in [-0.3, -0.25) is 0 Å². The van der Waals surface area contributed by atoms with Crippen LogP contribution in [-0.2, 0) is 62.4 Å². The quantitative estimate of drug-likeness (QED) is 0.135. The largest absolute Gasteiger partial charge is 2.00 e. The predicted molar refractivity (Wildman–Crippen MR) is 239 cm³/mol. The monoisotopic (exact) mass is 1760 g/mol. The fourth-order valence-electron chi connectivity index (χ4n) is 3.63. The van der Waals surface area contributed by atoms with E-state index in [1.165, 1.54) is 6.92 Å². The molecule has 0 bridgehead atoms. The molecule has 0 aromatic carbocycles. The Kier molecular flexibility index (Phi) is 41.7. The number of aromatic nitrogens is 14. The molecule has 0 atom stereocenters. The Labute approximate surface area is 519 Å². The van der Waals surface area contributed by atoms with E-state index in [1.807, 2.05) is 91.8 Å². The number of hydrogen-bond donors (Lipinski definition) is 0. The van der Waals surface area contributed by atoms with E-state index in [1.54, 1.807) is 6.07 Å². The van der Waals surface area contributed by atoms with Crippen LogP contribution in [0, 0.1) is 129 Å². The average Bonchev–Trinajstić information content (AvgIpc) is 3.29. The number of nitrogens with zero attached hydrogens (tertiary/aromatic N) is 15. The molecule has 49 heteroatoms. The van der Waals surface area contributed by atoms with Gasteiger partial charge < -0.3 is 40.1 Å². The van der Waals surface area contributed by atoms with Crippen LogP contribution >= 0.6 is 0 Å². The molecule has 85 heavy (non-hydrogen) atoms. The minimum Gasteiger partial charge on any atom is -2.00 e. The van der Waals surface area contributed by atoms with E-state index in [9.17, 15) is 52.7 Å². The van der Waals surface area contributed by atoms with E-state index in [4.69, 9.17) is 57.1 Å². The SMILES string of the molecule is CC#N.Cc1nnc(-c2cccc(-c3nnc(C)c(C)n3)n2)nc1C.Cc1nnc(-c2cccc(-c3nnc(C)c(C)n3)n2)nc1C.O=S(=O)([O-])C(F)(F)F.O=S(=O)([O-])C(F)(F)F.O=S(=O)([O-])C(F)(F)F.O=S(=O)([O-])C(F)(F)F.[O-2].[O-2].[O-2].[O-2].[U].[U]. The van der Waals surface area contributed by atoms with Crippen LogP contribution in [0.15, 0.2) is 36.4 Å². The molecule has 0 aliphatic carbocycles. The van der Waals surface area contributed by atoms with Crippen molar-refractivity contribution >= 4 is 40.5 Å². The minimum absolute atomic E-state index is 0. The number of alkyl halides is 12. The predicted octanol–water partition coefficient (Wildman–Crippen LogP) is 4.30. The Morgan fingerprint density at radius 2 is 0.471 bits per heavy atom. The first-order chi connectivity index (χ1) is 35.5. The van der Waals surface area contributed by atoms with Gasteiger partial charge in [0.15, 0.2) is 40.5 Å². The first-order valence-corrected chi connectivity index (χ1v) is 25.2. The average molecular weight is 1760 g/mol. The molecule has 0 radical (unpaired) electrons. The second kappa shape index (κ2) is 38.0. The molecule has 0 aliphatic rings. The van der Waals surface area contributed by atoms with Crippen LogP contribution < -0.4 is 0 Å². The molecule has 6 heterocycles. The fraction of sp³-hybridized carbons (Fsp3) is 0.361. The molecule has 0 spiro atoms. The van der Waals surface area contributed by atoms with Gasteiger partial charge in [0, 0.05) is 69.2 Å². The third-order valence-electron chi connectivity index (χ3n) is 7.92. The summed E-state index contributed by atoms with van der Waals surface area (Å²) >= 11 is 0. The summed E-state index contributed by atoms with van der Waals surface area (Å²) in [6.45, 7) is 16.5. The van der Waals surface area contributed by atoms with Crippen LogP contribution in [0.4, 0.5) is 52.7 Å². The number of hydrogen-bond acceptors (Lipinski definition) is 27. The maximum Gasteiger partial charge on any atom is 0.485 e. The number of halogens is 12. The number of nitriles is 1. The van der Waals surface area contributed by atoms with E-state index in [-0.39, 0.29) is 84.1 Å². The molecule has 0 saturated heterocycles. The molecule has 6 aromatic heterocycles. The summed E-state index contributed by atoms with van der Waals surface area (Å²) < 4.78 is 236. The molecule has 0 saturated carbocycles. The van der Waals surface area contributed by atoms with Crippen LogP contribution in [0.2, 0.25) is 0 Å². The number of pyridine rings is 2. The van der Waals surface area contributed by atoms with Crippen molar-refractivity contribution in [2.75, 3.05) is 0 Å². The Bertz CT molecular complexity index is 3140. The van der Waals surface area contributed by atoms with Gasteiger partial charge in [-0.05, 0) is 79.7 Å². The summed E-state index contributed by atoms with van der Waals surface area (Å²) in [5, 5.41) is 40.1. The maximum absolute atomic E-state index is 10.7.